The van der Waals surface area contributed by atoms with Crippen LogP contribution in [-0.2, 0) is 16.1 Å². The number of para-hydroxylation sites is 1. The molecule has 1 N–H and O–H groups in total. The molecule has 50 heavy (non-hydrogen) atoms. The number of halogens is 2. The van der Waals surface area contributed by atoms with Gasteiger partial charge in [-0.15, -0.1) is 0 Å². The molecule has 0 aliphatic heterocycles. The van der Waals surface area contributed by atoms with Crippen LogP contribution in [0.5, 0.6) is 5.75 Å². The monoisotopic (exact) mass is 712 g/mol. The average molecular weight is 714 g/mol. The Labute approximate surface area is 305 Å². The van der Waals surface area contributed by atoms with Gasteiger partial charge in [-0.05, 0) is 97.7 Å². The number of carbonyl (C=O) groups is 2. The number of hydrogen-bond donors (Lipinski definition) is 1. The zero-order valence-electron chi connectivity index (χ0n) is 28.8. The predicted octanol–water partition coefficient (Wildman–Crippen LogP) is 11.2. The Morgan fingerprint density at radius 3 is 2.06 bits per heavy atom. The lowest BCUT2D eigenvalue weighted by molar-refractivity contribution is -0.143. The predicted molar refractivity (Wildman–Crippen MR) is 205 cm³/mol. The van der Waals surface area contributed by atoms with E-state index in [1.54, 1.807) is 6.92 Å². The zero-order chi connectivity index (χ0) is 35.1. The first-order chi connectivity index (χ1) is 24.4. The molecule has 1 aromatic heterocycles. The van der Waals surface area contributed by atoms with Gasteiger partial charge in [0, 0.05) is 58.0 Å². The number of hydrogen-bond acceptors (Lipinski definition) is 4. The SMILES string of the molecule is CCOC(=O)CCCCOc1c(-c2cccc(Cl)c2)cc(C(=O)NCCCCCCCCn2ccc3ccccc32)cc1-c1cccc(Cl)c1. The van der Waals surface area contributed by atoms with Gasteiger partial charge in [0.2, 0.25) is 0 Å². The molecule has 0 atom stereocenters. The second-order valence-electron chi connectivity index (χ2n) is 12.5. The summed E-state index contributed by atoms with van der Waals surface area (Å²) in [6.07, 6.45) is 10.5. The molecule has 5 aromatic rings. The highest BCUT2D eigenvalue weighted by atomic mass is 35.5. The Hall–Kier alpha value is -4.26. The van der Waals surface area contributed by atoms with Gasteiger partial charge in [0.25, 0.3) is 5.91 Å². The van der Waals surface area contributed by atoms with Crippen LogP contribution in [-0.4, -0.2) is 36.2 Å². The van der Waals surface area contributed by atoms with Crippen molar-refractivity contribution in [3.63, 3.8) is 0 Å². The lowest BCUT2D eigenvalue weighted by Gasteiger charge is -2.19. The fourth-order valence-electron chi connectivity index (χ4n) is 6.19. The van der Waals surface area contributed by atoms with Crippen LogP contribution < -0.4 is 10.1 Å². The third-order valence-corrected chi connectivity index (χ3v) is 9.21. The molecule has 1 heterocycles. The second-order valence-corrected chi connectivity index (χ2v) is 13.3. The summed E-state index contributed by atoms with van der Waals surface area (Å²) in [6.45, 7) is 4.20. The highest BCUT2D eigenvalue weighted by Crippen LogP contribution is 2.41. The number of aryl methyl sites for hydroxylation is 1. The van der Waals surface area contributed by atoms with Crippen LogP contribution in [0.2, 0.25) is 10.0 Å². The van der Waals surface area contributed by atoms with E-state index in [0.717, 1.165) is 54.5 Å². The molecule has 0 saturated heterocycles. The first kappa shape index (κ1) is 37.0. The summed E-state index contributed by atoms with van der Waals surface area (Å²) in [7, 11) is 0. The minimum Gasteiger partial charge on any atom is -0.492 e. The number of rotatable bonds is 19. The van der Waals surface area contributed by atoms with Crippen molar-refractivity contribution in [1.29, 1.82) is 0 Å². The molecular formula is C42H46Cl2N2O4. The van der Waals surface area contributed by atoms with Crippen LogP contribution in [0.15, 0.2) is 97.2 Å². The number of amides is 1. The molecule has 262 valence electrons. The maximum Gasteiger partial charge on any atom is 0.305 e. The smallest absolute Gasteiger partial charge is 0.305 e. The third kappa shape index (κ3) is 10.6. The summed E-state index contributed by atoms with van der Waals surface area (Å²) in [5.74, 6) is 0.281. The maximum atomic E-state index is 13.6. The Balaban J connectivity index is 1.21. The molecular weight excluding hydrogens is 667 g/mol. The van der Waals surface area contributed by atoms with Crippen LogP contribution in [0.4, 0.5) is 0 Å². The molecule has 6 nitrogen and oxygen atoms in total. The van der Waals surface area contributed by atoms with E-state index in [1.807, 2.05) is 60.7 Å². The Kier molecular flexibility index (Phi) is 14.2. The molecule has 4 aromatic carbocycles. The first-order valence-electron chi connectivity index (χ1n) is 17.7. The van der Waals surface area contributed by atoms with Crippen molar-refractivity contribution >= 4 is 46.0 Å². The Bertz CT molecular complexity index is 1800. The van der Waals surface area contributed by atoms with Crippen molar-refractivity contribution in [1.82, 2.24) is 9.88 Å². The minimum absolute atomic E-state index is 0.142. The van der Waals surface area contributed by atoms with E-state index in [-0.39, 0.29) is 11.9 Å². The van der Waals surface area contributed by atoms with Crippen molar-refractivity contribution in [3.05, 3.63) is 113 Å². The number of ether oxygens (including phenoxy) is 2. The van der Waals surface area contributed by atoms with Gasteiger partial charge in [-0.1, -0.05) is 91.3 Å². The van der Waals surface area contributed by atoms with Crippen molar-refractivity contribution < 1.29 is 19.1 Å². The first-order valence-corrected chi connectivity index (χ1v) is 18.5. The summed E-state index contributed by atoms with van der Waals surface area (Å²) in [6, 6.07) is 29.5. The van der Waals surface area contributed by atoms with Gasteiger partial charge < -0.3 is 19.4 Å². The molecule has 1 amide bonds. The van der Waals surface area contributed by atoms with Gasteiger partial charge in [-0.25, -0.2) is 0 Å². The molecule has 0 radical (unpaired) electrons. The number of carbonyl (C=O) groups excluding carboxylic acids is 2. The lowest BCUT2D eigenvalue weighted by Crippen LogP contribution is -2.24. The van der Waals surface area contributed by atoms with E-state index in [2.05, 4.69) is 46.4 Å². The Morgan fingerprint density at radius 2 is 1.38 bits per heavy atom. The molecule has 0 unspecified atom stereocenters. The van der Waals surface area contributed by atoms with Gasteiger partial charge in [0.15, 0.2) is 0 Å². The topological polar surface area (TPSA) is 69.6 Å². The third-order valence-electron chi connectivity index (χ3n) is 8.74. The number of nitrogens with zero attached hydrogens (tertiary/aromatic N) is 1. The lowest BCUT2D eigenvalue weighted by atomic mass is 9.94. The van der Waals surface area contributed by atoms with Gasteiger partial charge in [0.05, 0.1) is 13.2 Å². The number of benzene rings is 4. The molecule has 0 aliphatic carbocycles. The quantitative estimate of drug-likeness (QED) is 0.0683. The molecule has 0 fully saturated rings. The molecule has 5 rings (SSSR count). The van der Waals surface area contributed by atoms with Crippen LogP contribution in [0.1, 0.15) is 75.1 Å². The number of unbranched alkanes of at least 4 members (excludes halogenated alkanes) is 6. The van der Waals surface area contributed by atoms with Crippen LogP contribution in [0, 0.1) is 0 Å². The highest BCUT2D eigenvalue weighted by Gasteiger charge is 2.19. The number of aromatic nitrogens is 1. The van der Waals surface area contributed by atoms with Crippen molar-refractivity contribution in [2.24, 2.45) is 0 Å². The minimum atomic E-state index is -0.209. The molecule has 0 bridgehead atoms. The molecule has 0 saturated carbocycles. The summed E-state index contributed by atoms with van der Waals surface area (Å²) in [5.41, 5.74) is 5.01. The van der Waals surface area contributed by atoms with E-state index >= 15 is 0 Å². The summed E-state index contributed by atoms with van der Waals surface area (Å²) in [4.78, 5) is 25.4. The normalized spacial score (nSPS) is 11.1. The average Bonchev–Trinajstić information content (AvgIpc) is 3.53. The van der Waals surface area contributed by atoms with E-state index in [9.17, 15) is 9.59 Å². The summed E-state index contributed by atoms with van der Waals surface area (Å²) >= 11 is 12.9. The van der Waals surface area contributed by atoms with Gasteiger partial charge >= 0.3 is 5.97 Å². The largest absolute Gasteiger partial charge is 0.492 e. The van der Waals surface area contributed by atoms with E-state index < -0.39 is 0 Å². The highest BCUT2D eigenvalue weighted by molar-refractivity contribution is 6.31. The van der Waals surface area contributed by atoms with E-state index in [1.165, 1.54) is 23.7 Å². The maximum absolute atomic E-state index is 13.6. The number of nitrogens with one attached hydrogen (secondary N) is 1. The van der Waals surface area contributed by atoms with Crippen LogP contribution >= 0.6 is 23.2 Å². The molecule has 0 spiro atoms. The van der Waals surface area contributed by atoms with Gasteiger partial charge in [0.1, 0.15) is 5.75 Å². The summed E-state index contributed by atoms with van der Waals surface area (Å²) in [5, 5.41) is 5.60. The zero-order valence-corrected chi connectivity index (χ0v) is 30.3. The Morgan fingerprint density at radius 1 is 0.720 bits per heavy atom. The van der Waals surface area contributed by atoms with Gasteiger partial charge in [-0.3, -0.25) is 9.59 Å². The van der Waals surface area contributed by atoms with Crippen molar-refractivity contribution in [3.8, 4) is 28.0 Å². The molecule has 8 heteroatoms. The number of esters is 1. The number of fused-ring (bicyclic) bond motifs is 1. The molecule has 0 aliphatic rings. The van der Waals surface area contributed by atoms with Crippen molar-refractivity contribution in [2.75, 3.05) is 19.8 Å². The van der Waals surface area contributed by atoms with Gasteiger partial charge in [-0.2, -0.15) is 0 Å². The van der Waals surface area contributed by atoms with Crippen LogP contribution in [0.3, 0.4) is 0 Å². The fraction of sp³-hybridized carbons (Fsp3) is 0.333. The standard InChI is InChI=1S/C42H46Cl2N2O4/c1-2-49-40(47)21-9-12-26-50-41-37(32-16-13-18-35(43)27-32)29-34(30-38(41)33-17-14-19-36(44)28-33)42(48)45-23-10-5-3-4-6-11-24-46-25-22-31-15-7-8-20-39(31)46/h7-8,13-20,22,25,27-30H,2-6,9-12,21,23-24,26H2,1H3,(H,45,48). The van der Waals surface area contributed by atoms with Crippen molar-refractivity contribution in [2.45, 2.75) is 71.3 Å². The van der Waals surface area contributed by atoms with Crippen LogP contribution in [0.25, 0.3) is 33.2 Å². The fourth-order valence-corrected chi connectivity index (χ4v) is 6.57. The van der Waals surface area contributed by atoms with E-state index in [4.69, 9.17) is 32.7 Å². The second kappa shape index (κ2) is 19.2. The summed E-state index contributed by atoms with van der Waals surface area (Å²) < 4.78 is 13.9. The van der Waals surface area contributed by atoms with E-state index in [0.29, 0.717) is 60.4 Å².